The van der Waals surface area contributed by atoms with Crippen LogP contribution >= 0.6 is 0 Å². The van der Waals surface area contributed by atoms with Gasteiger partial charge >= 0.3 is 5.97 Å². The SMILES string of the molecule is CC[C@@H](C(=O)C[C@H](Cc1ccccc1)C(=O)O)[C@H]1CCCC[C@H]1[N+](=O)[O-].C[N+](=O)[O-]. The van der Waals surface area contributed by atoms with Crippen molar-refractivity contribution in [3.05, 3.63) is 56.1 Å². The van der Waals surface area contributed by atoms with Crippen LogP contribution in [0, 0.1) is 38.0 Å². The molecular formula is C21H30N2O7. The Morgan fingerprint density at radius 3 is 2.20 bits per heavy atom. The van der Waals surface area contributed by atoms with Crippen LogP contribution in [0.2, 0.25) is 0 Å². The van der Waals surface area contributed by atoms with Gasteiger partial charge in [0.05, 0.1) is 5.92 Å². The van der Waals surface area contributed by atoms with Crippen molar-refractivity contribution in [3.63, 3.8) is 0 Å². The molecule has 1 aromatic carbocycles. The lowest BCUT2D eigenvalue weighted by Crippen LogP contribution is -2.40. The number of hydrogen-bond donors (Lipinski definition) is 1. The number of ketones is 1. The molecule has 1 N–H and O–H groups in total. The van der Waals surface area contributed by atoms with Crippen LogP contribution in [0.4, 0.5) is 0 Å². The molecule has 1 aliphatic rings. The third-order valence-electron chi connectivity index (χ3n) is 5.54. The van der Waals surface area contributed by atoms with E-state index >= 15 is 0 Å². The fourth-order valence-electron chi connectivity index (χ4n) is 4.18. The molecule has 0 aliphatic heterocycles. The average Bonchev–Trinajstić information content (AvgIpc) is 2.68. The summed E-state index contributed by atoms with van der Waals surface area (Å²) >= 11 is 0. The molecule has 166 valence electrons. The molecule has 1 saturated carbocycles. The van der Waals surface area contributed by atoms with Crippen molar-refractivity contribution >= 4 is 11.8 Å². The Kier molecular flexibility index (Phi) is 10.6. The van der Waals surface area contributed by atoms with Gasteiger partial charge in [0.2, 0.25) is 6.04 Å². The molecule has 9 nitrogen and oxygen atoms in total. The number of nitrogens with zero attached hydrogens (tertiary/aromatic N) is 2. The van der Waals surface area contributed by atoms with E-state index in [0.29, 0.717) is 25.7 Å². The smallest absolute Gasteiger partial charge is 0.307 e. The lowest BCUT2D eigenvalue weighted by molar-refractivity contribution is -0.537. The van der Waals surface area contributed by atoms with Gasteiger partial charge in [-0.2, -0.15) is 0 Å². The van der Waals surface area contributed by atoms with Crippen LogP contribution in [0.15, 0.2) is 30.3 Å². The standard InChI is InChI=1S/C20H27NO5.CH3NO2/c1-2-16(17-10-6-7-11-18(17)21(25)26)19(22)13-15(20(23)24)12-14-8-4-3-5-9-14;1-2(3)4/h3-5,8-9,15-18H,2,6-7,10-13H2,1H3,(H,23,24);1H3/t15-,16+,17+,18+;/m0./s1. The zero-order chi connectivity index (χ0) is 22.7. The minimum Gasteiger partial charge on any atom is -0.481 e. The Bertz CT molecular complexity index is 719. The minimum atomic E-state index is -0.994. The molecule has 0 heterocycles. The van der Waals surface area contributed by atoms with Gasteiger partial charge in [-0.25, -0.2) is 0 Å². The van der Waals surface area contributed by atoms with E-state index in [1.165, 1.54) is 0 Å². The first-order valence-corrected chi connectivity index (χ1v) is 10.2. The van der Waals surface area contributed by atoms with Crippen LogP contribution in [-0.4, -0.2) is 39.8 Å². The van der Waals surface area contributed by atoms with Crippen LogP contribution in [0.25, 0.3) is 0 Å². The summed E-state index contributed by atoms with van der Waals surface area (Å²) in [5.41, 5.74) is 0.876. The van der Waals surface area contributed by atoms with Crippen molar-refractivity contribution < 1.29 is 24.5 Å². The number of aliphatic carboxylic acids is 1. The van der Waals surface area contributed by atoms with Gasteiger partial charge in [0.15, 0.2) is 7.05 Å². The van der Waals surface area contributed by atoms with Crippen molar-refractivity contribution in [2.45, 2.75) is 57.9 Å². The van der Waals surface area contributed by atoms with Crippen molar-refractivity contribution in [1.29, 1.82) is 0 Å². The van der Waals surface area contributed by atoms with Crippen molar-refractivity contribution in [2.75, 3.05) is 7.05 Å². The maximum absolute atomic E-state index is 12.9. The van der Waals surface area contributed by atoms with E-state index in [2.05, 4.69) is 0 Å². The summed E-state index contributed by atoms with van der Waals surface area (Å²) < 4.78 is 0. The van der Waals surface area contributed by atoms with Gasteiger partial charge in [-0.15, -0.1) is 0 Å². The highest BCUT2D eigenvalue weighted by atomic mass is 16.6. The number of carboxylic acid groups (broad SMARTS) is 1. The maximum Gasteiger partial charge on any atom is 0.307 e. The lowest BCUT2D eigenvalue weighted by atomic mass is 9.72. The number of carbonyl (C=O) groups excluding carboxylic acids is 1. The van der Waals surface area contributed by atoms with Gasteiger partial charge in [-0.05, 0) is 31.2 Å². The highest BCUT2D eigenvalue weighted by Gasteiger charge is 2.41. The van der Waals surface area contributed by atoms with E-state index in [1.54, 1.807) is 0 Å². The van der Waals surface area contributed by atoms with E-state index in [4.69, 9.17) is 10.1 Å². The monoisotopic (exact) mass is 422 g/mol. The first kappa shape index (κ1) is 25.2. The molecule has 1 aliphatic carbocycles. The van der Waals surface area contributed by atoms with Gasteiger partial charge in [-0.3, -0.25) is 29.8 Å². The van der Waals surface area contributed by atoms with E-state index in [-0.39, 0.29) is 23.0 Å². The maximum atomic E-state index is 12.9. The molecular weight excluding hydrogens is 392 g/mol. The fraction of sp³-hybridized carbons (Fsp3) is 0.619. The van der Waals surface area contributed by atoms with E-state index < -0.39 is 28.8 Å². The molecule has 0 unspecified atom stereocenters. The summed E-state index contributed by atoms with van der Waals surface area (Å²) in [7, 11) is 0.889. The topological polar surface area (TPSA) is 141 Å². The summed E-state index contributed by atoms with van der Waals surface area (Å²) in [6.07, 6.45) is 3.64. The highest BCUT2D eigenvalue weighted by molar-refractivity contribution is 5.86. The van der Waals surface area contributed by atoms with E-state index in [0.717, 1.165) is 25.5 Å². The Morgan fingerprint density at radius 1 is 1.13 bits per heavy atom. The van der Waals surface area contributed by atoms with Gasteiger partial charge in [0.1, 0.15) is 5.78 Å². The summed E-state index contributed by atoms with van der Waals surface area (Å²) in [6, 6.07) is 8.56. The highest BCUT2D eigenvalue weighted by Crippen LogP contribution is 2.35. The number of carboxylic acids is 1. The first-order valence-electron chi connectivity index (χ1n) is 10.2. The van der Waals surface area contributed by atoms with E-state index in [1.807, 2.05) is 37.3 Å². The molecule has 9 heteroatoms. The second-order valence-electron chi connectivity index (χ2n) is 7.65. The molecule has 0 radical (unpaired) electrons. The van der Waals surface area contributed by atoms with Crippen LogP contribution in [0.5, 0.6) is 0 Å². The van der Waals surface area contributed by atoms with Crippen molar-refractivity contribution in [1.82, 2.24) is 0 Å². The minimum absolute atomic E-state index is 0.0658. The summed E-state index contributed by atoms with van der Waals surface area (Å²) in [6.45, 7) is 1.86. The van der Waals surface area contributed by atoms with Gasteiger partial charge in [0, 0.05) is 34.5 Å². The summed E-state index contributed by atoms with van der Waals surface area (Å²) in [4.78, 5) is 43.9. The molecule has 0 amide bonds. The van der Waals surface area contributed by atoms with Crippen LogP contribution in [0.3, 0.4) is 0 Å². The molecule has 2 rings (SSSR count). The summed E-state index contributed by atoms with van der Waals surface area (Å²) in [5, 5.41) is 29.7. The largest absolute Gasteiger partial charge is 0.481 e. The third-order valence-corrected chi connectivity index (χ3v) is 5.54. The Hall–Kier alpha value is -2.84. The number of rotatable bonds is 9. The zero-order valence-electron chi connectivity index (χ0n) is 17.4. The predicted molar refractivity (Wildman–Crippen MR) is 110 cm³/mol. The molecule has 4 atom stereocenters. The first-order chi connectivity index (χ1) is 14.2. The lowest BCUT2D eigenvalue weighted by Gasteiger charge is -2.31. The molecule has 1 aromatic rings. The number of Topliss-reactive ketones (excluding diaryl/α,β-unsaturated/α-hetero) is 1. The van der Waals surface area contributed by atoms with Crippen LogP contribution in [0.1, 0.15) is 51.0 Å². The Morgan fingerprint density at radius 2 is 1.70 bits per heavy atom. The van der Waals surface area contributed by atoms with Crippen molar-refractivity contribution in [3.8, 4) is 0 Å². The second-order valence-corrected chi connectivity index (χ2v) is 7.65. The van der Waals surface area contributed by atoms with Crippen molar-refractivity contribution in [2.24, 2.45) is 17.8 Å². The van der Waals surface area contributed by atoms with E-state index in [9.17, 15) is 24.8 Å². The predicted octanol–water partition coefficient (Wildman–Crippen LogP) is 3.64. The van der Waals surface area contributed by atoms with Gasteiger partial charge < -0.3 is 5.11 Å². The molecule has 1 fully saturated rings. The number of nitro groups is 2. The Labute approximate surface area is 175 Å². The third kappa shape index (κ3) is 8.26. The van der Waals surface area contributed by atoms with Gasteiger partial charge in [-0.1, -0.05) is 43.7 Å². The molecule has 0 aromatic heterocycles. The molecule has 0 bridgehead atoms. The van der Waals surface area contributed by atoms with Gasteiger partial charge in [0.25, 0.3) is 0 Å². The van der Waals surface area contributed by atoms with Crippen LogP contribution in [-0.2, 0) is 16.0 Å². The molecule has 0 saturated heterocycles. The summed E-state index contributed by atoms with van der Waals surface area (Å²) in [5.74, 6) is -2.64. The van der Waals surface area contributed by atoms with Crippen LogP contribution < -0.4 is 0 Å². The second kappa shape index (κ2) is 12.7. The zero-order valence-corrected chi connectivity index (χ0v) is 17.4. The average molecular weight is 422 g/mol. The number of carbonyl (C=O) groups is 2. The fourth-order valence-corrected chi connectivity index (χ4v) is 4.18. The molecule has 0 spiro atoms. The normalized spacial score (nSPS) is 20.2. The quantitative estimate of drug-likeness (QED) is 0.473. The number of hydrogen-bond acceptors (Lipinski definition) is 6. The Balaban J connectivity index is 0.00000103. The molecule has 30 heavy (non-hydrogen) atoms. The number of benzene rings is 1.